The van der Waals surface area contributed by atoms with Crippen LogP contribution in [0.25, 0.3) is 10.8 Å². The predicted molar refractivity (Wildman–Crippen MR) is 86.0 cm³/mol. The van der Waals surface area contributed by atoms with Crippen LogP contribution in [0.5, 0.6) is 0 Å². The Morgan fingerprint density at radius 1 is 1.22 bits per heavy atom. The number of hydrogen-bond acceptors (Lipinski definition) is 6. The number of rotatable bonds is 6. The van der Waals surface area contributed by atoms with Gasteiger partial charge in [0.25, 0.3) is 5.89 Å². The molecule has 2 unspecified atom stereocenters. The average molecular weight is 329 g/mol. The van der Waals surface area contributed by atoms with Gasteiger partial charge in [0.05, 0.1) is 10.9 Å². The zero-order valence-electron chi connectivity index (χ0n) is 12.3. The lowest BCUT2D eigenvalue weighted by atomic mass is 10.1. The van der Waals surface area contributed by atoms with E-state index in [1.165, 1.54) is 11.3 Å². The Labute approximate surface area is 136 Å². The second-order valence-corrected chi connectivity index (χ2v) is 5.94. The van der Waals surface area contributed by atoms with Gasteiger partial charge in [-0.05, 0) is 23.9 Å². The van der Waals surface area contributed by atoms with Crippen LogP contribution in [0.1, 0.15) is 30.5 Å². The third kappa shape index (κ3) is 3.46. The molecule has 0 saturated heterocycles. The molecule has 3 aromatic rings. The van der Waals surface area contributed by atoms with E-state index in [1.54, 1.807) is 31.2 Å². The summed E-state index contributed by atoms with van der Waals surface area (Å²) in [4.78, 5) is 12.4. The van der Waals surface area contributed by atoms with Crippen molar-refractivity contribution >= 4 is 17.3 Å². The normalized spacial score (nSPS) is 13.6. The molecule has 3 rings (SSSR count). The highest BCUT2D eigenvalue weighted by Gasteiger charge is 2.24. The fourth-order valence-electron chi connectivity index (χ4n) is 2.19. The molecule has 23 heavy (non-hydrogen) atoms. The molecule has 6 nitrogen and oxygen atoms in total. The highest BCUT2D eigenvalue weighted by molar-refractivity contribution is 7.13. The number of nitrogens with one attached hydrogen (secondary N) is 1. The van der Waals surface area contributed by atoms with Crippen LogP contribution in [0, 0.1) is 0 Å². The Bertz CT molecular complexity index is 771. The van der Waals surface area contributed by atoms with Crippen molar-refractivity contribution in [2.24, 2.45) is 0 Å². The molecule has 118 valence electrons. The summed E-state index contributed by atoms with van der Waals surface area (Å²) in [5.74, 6) is -0.160. The van der Waals surface area contributed by atoms with Crippen LogP contribution >= 0.6 is 11.3 Å². The molecule has 0 saturated carbocycles. The largest absolute Gasteiger partial charge is 0.480 e. The summed E-state index contributed by atoms with van der Waals surface area (Å²) in [6.07, 6.45) is 0. The van der Waals surface area contributed by atoms with Gasteiger partial charge in [-0.3, -0.25) is 10.1 Å². The summed E-state index contributed by atoms with van der Waals surface area (Å²) in [6.45, 7) is 1.80. The zero-order valence-corrected chi connectivity index (χ0v) is 13.2. The molecule has 2 atom stereocenters. The second kappa shape index (κ2) is 6.72. The summed E-state index contributed by atoms with van der Waals surface area (Å²) >= 11 is 1.51. The number of benzene rings is 1. The first-order chi connectivity index (χ1) is 11.1. The Morgan fingerprint density at radius 3 is 2.65 bits per heavy atom. The minimum absolute atomic E-state index is 0.357. The van der Waals surface area contributed by atoms with E-state index in [-0.39, 0.29) is 0 Å². The maximum absolute atomic E-state index is 11.5. The van der Waals surface area contributed by atoms with Crippen LogP contribution < -0.4 is 5.32 Å². The average Bonchev–Trinajstić information content (AvgIpc) is 3.23. The number of nitrogens with zero attached hydrogens (tertiary/aromatic N) is 2. The Balaban J connectivity index is 1.77. The van der Waals surface area contributed by atoms with E-state index in [0.29, 0.717) is 17.3 Å². The van der Waals surface area contributed by atoms with E-state index in [0.717, 1.165) is 4.88 Å². The SMILES string of the molecule is CC(NC(C(=O)O)c1ccccc1)c1nnc(-c2cccs2)o1. The summed E-state index contributed by atoms with van der Waals surface area (Å²) < 4.78 is 5.64. The first-order valence-corrected chi connectivity index (χ1v) is 7.94. The van der Waals surface area contributed by atoms with Gasteiger partial charge in [-0.2, -0.15) is 0 Å². The van der Waals surface area contributed by atoms with Gasteiger partial charge in [0.1, 0.15) is 6.04 Å². The predicted octanol–water partition coefficient (Wildman–Crippen LogP) is 3.27. The van der Waals surface area contributed by atoms with Crippen molar-refractivity contribution in [3.05, 3.63) is 59.3 Å². The molecule has 2 N–H and O–H groups in total. The Morgan fingerprint density at radius 2 is 2.00 bits per heavy atom. The number of aliphatic carboxylic acids is 1. The molecule has 0 spiro atoms. The number of aromatic nitrogens is 2. The molecule has 0 bridgehead atoms. The molecular weight excluding hydrogens is 314 g/mol. The van der Waals surface area contributed by atoms with Crippen LogP contribution in [-0.2, 0) is 4.79 Å². The van der Waals surface area contributed by atoms with E-state index in [2.05, 4.69) is 15.5 Å². The summed E-state index contributed by atoms with van der Waals surface area (Å²) in [5, 5.41) is 22.4. The summed E-state index contributed by atoms with van der Waals surface area (Å²) in [5.41, 5.74) is 0.671. The van der Waals surface area contributed by atoms with Gasteiger partial charge < -0.3 is 9.52 Å². The number of carbonyl (C=O) groups is 1. The first-order valence-electron chi connectivity index (χ1n) is 7.06. The smallest absolute Gasteiger partial charge is 0.325 e. The lowest BCUT2D eigenvalue weighted by Crippen LogP contribution is -2.30. The lowest BCUT2D eigenvalue weighted by Gasteiger charge is -2.18. The highest BCUT2D eigenvalue weighted by Crippen LogP contribution is 2.26. The molecule has 0 radical (unpaired) electrons. The highest BCUT2D eigenvalue weighted by atomic mass is 32.1. The third-order valence-electron chi connectivity index (χ3n) is 3.34. The van der Waals surface area contributed by atoms with Crippen LogP contribution in [0.15, 0.2) is 52.3 Å². The third-order valence-corrected chi connectivity index (χ3v) is 4.20. The topological polar surface area (TPSA) is 88.2 Å². The van der Waals surface area contributed by atoms with Crippen LogP contribution in [0.3, 0.4) is 0 Å². The number of hydrogen-bond donors (Lipinski definition) is 2. The molecule has 0 aliphatic rings. The van der Waals surface area contributed by atoms with Crippen molar-refractivity contribution in [2.45, 2.75) is 19.0 Å². The van der Waals surface area contributed by atoms with Crippen molar-refractivity contribution in [1.29, 1.82) is 0 Å². The van der Waals surface area contributed by atoms with Crippen LogP contribution in [0.2, 0.25) is 0 Å². The van der Waals surface area contributed by atoms with Crippen molar-refractivity contribution in [3.63, 3.8) is 0 Å². The number of thiophene rings is 1. The van der Waals surface area contributed by atoms with Gasteiger partial charge in [-0.25, -0.2) is 0 Å². The monoisotopic (exact) mass is 329 g/mol. The van der Waals surface area contributed by atoms with Gasteiger partial charge in [-0.15, -0.1) is 21.5 Å². The fourth-order valence-corrected chi connectivity index (χ4v) is 2.83. The molecule has 7 heteroatoms. The molecule has 0 amide bonds. The van der Waals surface area contributed by atoms with Gasteiger partial charge in [0, 0.05) is 0 Å². The van der Waals surface area contributed by atoms with Gasteiger partial charge in [0.15, 0.2) is 0 Å². The van der Waals surface area contributed by atoms with Gasteiger partial charge >= 0.3 is 5.97 Å². The molecule has 2 heterocycles. The molecule has 0 aliphatic carbocycles. The molecular formula is C16H15N3O3S. The lowest BCUT2D eigenvalue weighted by molar-refractivity contribution is -0.139. The minimum atomic E-state index is -0.957. The molecule has 1 aromatic carbocycles. The van der Waals surface area contributed by atoms with E-state index in [9.17, 15) is 9.90 Å². The summed E-state index contributed by atoms with van der Waals surface area (Å²) in [6, 6.07) is 11.6. The van der Waals surface area contributed by atoms with Crippen molar-refractivity contribution in [3.8, 4) is 10.8 Å². The molecule has 0 aliphatic heterocycles. The van der Waals surface area contributed by atoms with E-state index in [1.807, 2.05) is 23.6 Å². The van der Waals surface area contributed by atoms with E-state index >= 15 is 0 Å². The number of carboxylic acids is 1. The van der Waals surface area contributed by atoms with Gasteiger partial charge in [0.2, 0.25) is 5.89 Å². The van der Waals surface area contributed by atoms with Crippen molar-refractivity contribution in [1.82, 2.24) is 15.5 Å². The Kier molecular flexibility index (Phi) is 4.50. The van der Waals surface area contributed by atoms with Crippen LogP contribution in [0.4, 0.5) is 0 Å². The van der Waals surface area contributed by atoms with Crippen molar-refractivity contribution in [2.75, 3.05) is 0 Å². The molecule has 2 aromatic heterocycles. The minimum Gasteiger partial charge on any atom is -0.480 e. The Hall–Kier alpha value is -2.51. The fraction of sp³-hybridized carbons (Fsp3) is 0.188. The maximum atomic E-state index is 11.5. The van der Waals surface area contributed by atoms with Crippen LogP contribution in [-0.4, -0.2) is 21.3 Å². The maximum Gasteiger partial charge on any atom is 0.325 e. The molecule has 0 fully saturated rings. The summed E-state index contributed by atoms with van der Waals surface area (Å²) in [7, 11) is 0. The number of carboxylic acid groups (broad SMARTS) is 1. The quantitative estimate of drug-likeness (QED) is 0.721. The standard InChI is InChI=1S/C16H15N3O3S/c1-10(14-18-19-15(22-14)12-8-5-9-23-12)17-13(16(20)21)11-6-3-2-4-7-11/h2-10,13,17H,1H3,(H,20,21). The first kappa shape index (κ1) is 15.4. The second-order valence-electron chi connectivity index (χ2n) is 4.99. The van der Waals surface area contributed by atoms with Gasteiger partial charge in [-0.1, -0.05) is 36.4 Å². The van der Waals surface area contributed by atoms with Crippen molar-refractivity contribution < 1.29 is 14.3 Å². The van der Waals surface area contributed by atoms with E-state index in [4.69, 9.17) is 4.42 Å². The van der Waals surface area contributed by atoms with E-state index < -0.39 is 18.1 Å². The zero-order chi connectivity index (χ0) is 16.2.